The second-order valence-electron chi connectivity index (χ2n) is 5.61. The van der Waals surface area contributed by atoms with Gasteiger partial charge in [-0.2, -0.15) is 11.8 Å². The Morgan fingerprint density at radius 3 is 2.79 bits per heavy atom. The van der Waals surface area contributed by atoms with Gasteiger partial charge in [-0.25, -0.2) is 0 Å². The zero-order valence-corrected chi connectivity index (χ0v) is 12.7. The molecule has 1 atom stereocenters. The summed E-state index contributed by atoms with van der Waals surface area (Å²) in [4.78, 5) is 12.3. The molecule has 0 aromatic heterocycles. The molecule has 1 fully saturated rings. The van der Waals surface area contributed by atoms with Crippen LogP contribution in [0.4, 0.5) is 5.69 Å². The van der Waals surface area contributed by atoms with Crippen LogP contribution in [0.15, 0.2) is 12.1 Å². The van der Waals surface area contributed by atoms with Gasteiger partial charge in [0.25, 0.3) is 5.91 Å². The van der Waals surface area contributed by atoms with E-state index in [0.717, 1.165) is 17.7 Å². The smallest absolute Gasteiger partial charge is 0.251 e. The predicted molar refractivity (Wildman–Crippen MR) is 82.8 cm³/mol. The van der Waals surface area contributed by atoms with Crippen LogP contribution in [0.5, 0.6) is 0 Å². The van der Waals surface area contributed by atoms with Crippen molar-refractivity contribution in [2.45, 2.75) is 38.4 Å². The average Bonchev–Trinajstić information content (AvgIpc) is 2.78. The number of thioether (sulfide) groups is 1. The summed E-state index contributed by atoms with van der Waals surface area (Å²) < 4.78 is 0.194. The Balaban J connectivity index is 2.06. The van der Waals surface area contributed by atoms with E-state index in [0.29, 0.717) is 11.3 Å². The van der Waals surface area contributed by atoms with Crippen molar-refractivity contribution in [3.63, 3.8) is 0 Å². The second kappa shape index (κ2) is 5.45. The largest absolute Gasteiger partial charge is 0.398 e. The number of rotatable bonds is 3. The summed E-state index contributed by atoms with van der Waals surface area (Å²) in [7, 11) is 0. The highest BCUT2D eigenvalue weighted by atomic mass is 32.2. The Hall–Kier alpha value is -1.16. The fourth-order valence-corrected chi connectivity index (χ4v) is 3.70. The molecule has 1 aromatic carbocycles. The third kappa shape index (κ3) is 3.24. The molecule has 3 N–H and O–H groups in total. The number of carbonyl (C=O) groups is 1. The second-order valence-corrected chi connectivity index (χ2v) is 7.29. The van der Waals surface area contributed by atoms with Crippen molar-refractivity contribution in [1.29, 1.82) is 0 Å². The number of nitrogens with one attached hydrogen (secondary N) is 1. The first kappa shape index (κ1) is 14.3. The molecule has 0 bridgehead atoms. The van der Waals surface area contributed by atoms with E-state index in [2.05, 4.69) is 12.2 Å². The summed E-state index contributed by atoms with van der Waals surface area (Å²) in [5, 5.41) is 3.05. The standard InChI is InChI=1S/C15H22N2OS/c1-10-7-11(2)13(16)8-12(10)14(18)17-9-15(3)5-4-6-19-15/h7-8H,4-6,9,16H2,1-3H3,(H,17,18). The van der Waals surface area contributed by atoms with E-state index in [4.69, 9.17) is 5.73 Å². The highest BCUT2D eigenvalue weighted by Gasteiger charge is 2.29. The van der Waals surface area contributed by atoms with E-state index in [-0.39, 0.29) is 10.7 Å². The summed E-state index contributed by atoms with van der Waals surface area (Å²) in [5.74, 6) is 1.18. The van der Waals surface area contributed by atoms with Crippen molar-refractivity contribution in [3.05, 3.63) is 28.8 Å². The van der Waals surface area contributed by atoms with Gasteiger partial charge in [0.1, 0.15) is 0 Å². The maximum absolute atomic E-state index is 12.3. The van der Waals surface area contributed by atoms with E-state index < -0.39 is 0 Å². The monoisotopic (exact) mass is 278 g/mol. The Kier molecular flexibility index (Phi) is 4.09. The van der Waals surface area contributed by atoms with Crippen molar-refractivity contribution in [3.8, 4) is 0 Å². The molecule has 3 nitrogen and oxygen atoms in total. The van der Waals surface area contributed by atoms with Crippen LogP contribution in [0.25, 0.3) is 0 Å². The van der Waals surface area contributed by atoms with Gasteiger partial charge >= 0.3 is 0 Å². The van der Waals surface area contributed by atoms with E-state index >= 15 is 0 Å². The minimum absolute atomic E-state index is 0.0158. The Labute approximate surface area is 119 Å². The molecular formula is C15H22N2OS. The number of benzene rings is 1. The zero-order chi connectivity index (χ0) is 14.0. The maximum Gasteiger partial charge on any atom is 0.251 e. The van der Waals surface area contributed by atoms with E-state index in [1.165, 1.54) is 18.6 Å². The first-order valence-corrected chi connectivity index (χ1v) is 7.69. The van der Waals surface area contributed by atoms with Crippen molar-refractivity contribution >= 4 is 23.4 Å². The molecule has 2 rings (SSSR count). The van der Waals surface area contributed by atoms with Crippen molar-refractivity contribution in [1.82, 2.24) is 5.32 Å². The number of anilines is 1. The number of hydrogen-bond donors (Lipinski definition) is 2. The number of carbonyl (C=O) groups excluding carboxylic acids is 1. The molecule has 1 amide bonds. The van der Waals surface area contributed by atoms with E-state index in [1.54, 1.807) is 6.07 Å². The molecule has 0 radical (unpaired) electrons. The van der Waals surface area contributed by atoms with Crippen LogP contribution in [0, 0.1) is 13.8 Å². The van der Waals surface area contributed by atoms with Crippen LogP contribution in [-0.4, -0.2) is 23.0 Å². The lowest BCUT2D eigenvalue weighted by Gasteiger charge is -2.23. The molecule has 0 saturated carbocycles. The van der Waals surface area contributed by atoms with Crippen molar-refractivity contribution < 1.29 is 4.79 Å². The van der Waals surface area contributed by atoms with Crippen LogP contribution >= 0.6 is 11.8 Å². The third-order valence-corrected chi connectivity index (χ3v) is 5.32. The third-order valence-electron chi connectivity index (χ3n) is 3.78. The molecule has 1 aliphatic rings. The molecule has 1 unspecified atom stereocenters. The first-order valence-electron chi connectivity index (χ1n) is 6.70. The van der Waals surface area contributed by atoms with E-state index in [9.17, 15) is 4.79 Å². The van der Waals surface area contributed by atoms with Crippen LogP contribution in [0.2, 0.25) is 0 Å². The van der Waals surface area contributed by atoms with Gasteiger partial charge in [-0.1, -0.05) is 6.07 Å². The van der Waals surface area contributed by atoms with Crippen LogP contribution in [-0.2, 0) is 0 Å². The molecule has 4 heteroatoms. The summed E-state index contributed by atoms with van der Waals surface area (Å²) in [6.45, 7) is 6.86. The van der Waals surface area contributed by atoms with Gasteiger partial charge in [-0.15, -0.1) is 0 Å². The van der Waals surface area contributed by atoms with Gasteiger partial charge < -0.3 is 11.1 Å². The SMILES string of the molecule is Cc1cc(C)c(C(=O)NCC2(C)CCCS2)cc1N. The summed E-state index contributed by atoms with van der Waals surface area (Å²) in [6, 6.07) is 3.75. The van der Waals surface area contributed by atoms with Crippen molar-refractivity contribution in [2.24, 2.45) is 0 Å². The van der Waals surface area contributed by atoms with Gasteiger partial charge in [0.05, 0.1) is 0 Å². The predicted octanol–water partition coefficient (Wildman–Crippen LogP) is 2.90. The highest BCUT2D eigenvalue weighted by Crippen LogP contribution is 2.37. The number of hydrogen-bond acceptors (Lipinski definition) is 3. The minimum atomic E-state index is -0.0158. The van der Waals surface area contributed by atoms with Gasteiger partial charge in [-0.05, 0) is 56.6 Å². The molecule has 1 aromatic rings. The number of amides is 1. The molecule has 1 aliphatic heterocycles. The molecule has 0 spiro atoms. The maximum atomic E-state index is 12.3. The highest BCUT2D eigenvalue weighted by molar-refractivity contribution is 8.00. The fraction of sp³-hybridized carbons (Fsp3) is 0.533. The topological polar surface area (TPSA) is 55.1 Å². The lowest BCUT2D eigenvalue weighted by Crippen LogP contribution is -2.37. The van der Waals surface area contributed by atoms with Gasteiger partial charge in [0, 0.05) is 22.5 Å². The molecular weight excluding hydrogens is 256 g/mol. The Morgan fingerprint density at radius 1 is 1.42 bits per heavy atom. The van der Waals surface area contributed by atoms with Crippen LogP contribution in [0.3, 0.4) is 0 Å². The molecule has 19 heavy (non-hydrogen) atoms. The van der Waals surface area contributed by atoms with Gasteiger partial charge in [0.15, 0.2) is 0 Å². The summed E-state index contributed by atoms with van der Waals surface area (Å²) in [6.07, 6.45) is 2.42. The minimum Gasteiger partial charge on any atom is -0.398 e. The quantitative estimate of drug-likeness (QED) is 0.836. The number of nitrogens with two attached hydrogens (primary N) is 1. The van der Waals surface area contributed by atoms with E-state index in [1.807, 2.05) is 31.7 Å². The lowest BCUT2D eigenvalue weighted by atomic mass is 10.0. The molecule has 1 saturated heterocycles. The normalized spacial score (nSPS) is 22.5. The van der Waals surface area contributed by atoms with Crippen molar-refractivity contribution in [2.75, 3.05) is 18.0 Å². The summed E-state index contributed by atoms with van der Waals surface area (Å²) in [5.41, 5.74) is 9.26. The van der Waals surface area contributed by atoms with Crippen LogP contribution in [0.1, 0.15) is 41.3 Å². The Bertz CT molecular complexity index is 493. The molecule has 1 heterocycles. The van der Waals surface area contributed by atoms with Gasteiger partial charge in [-0.3, -0.25) is 4.79 Å². The fourth-order valence-electron chi connectivity index (χ4n) is 2.45. The Morgan fingerprint density at radius 2 is 2.16 bits per heavy atom. The molecule has 0 aliphatic carbocycles. The molecule has 104 valence electrons. The number of aryl methyl sites for hydroxylation is 2. The first-order chi connectivity index (χ1) is 8.91. The number of nitrogen functional groups attached to an aromatic ring is 1. The van der Waals surface area contributed by atoms with Gasteiger partial charge in [0.2, 0.25) is 0 Å². The lowest BCUT2D eigenvalue weighted by molar-refractivity contribution is 0.0949. The van der Waals surface area contributed by atoms with Crippen LogP contribution < -0.4 is 11.1 Å². The average molecular weight is 278 g/mol. The zero-order valence-electron chi connectivity index (χ0n) is 11.9. The summed E-state index contributed by atoms with van der Waals surface area (Å²) >= 11 is 1.95.